The number of aromatic nitrogens is 4. The minimum absolute atomic E-state index is 0.118. The second-order valence-electron chi connectivity index (χ2n) is 8.41. The normalized spacial score (nSPS) is 28.8. The van der Waals surface area contributed by atoms with Crippen molar-refractivity contribution >= 4 is 22.9 Å². The highest BCUT2D eigenvalue weighted by atomic mass is 16.5. The highest BCUT2D eigenvalue weighted by Gasteiger charge is 2.36. The molecule has 3 saturated heterocycles. The largest absolute Gasteiger partial charge is 0.389 e. The summed E-state index contributed by atoms with van der Waals surface area (Å²) in [6.45, 7) is 2.76. The van der Waals surface area contributed by atoms with Gasteiger partial charge in [-0.1, -0.05) is 0 Å². The van der Waals surface area contributed by atoms with Gasteiger partial charge in [0.2, 0.25) is 5.91 Å². The molecule has 9 nitrogen and oxygen atoms in total. The van der Waals surface area contributed by atoms with E-state index in [9.17, 15) is 9.90 Å². The van der Waals surface area contributed by atoms with Gasteiger partial charge in [0, 0.05) is 38.1 Å². The summed E-state index contributed by atoms with van der Waals surface area (Å²) in [7, 11) is 0. The molecule has 4 atom stereocenters. The fourth-order valence-electron chi connectivity index (χ4n) is 5.05. The van der Waals surface area contributed by atoms with Crippen LogP contribution in [0.3, 0.4) is 0 Å². The molecule has 0 aromatic carbocycles. The molecule has 0 spiro atoms. The van der Waals surface area contributed by atoms with Crippen molar-refractivity contribution in [3.05, 3.63) is 12.7 Å². The molecule has 29 heavy (non-hydrogen) atoms. The lowest BCUT2D eigenvalue weighted by molar-refractivity contribution is -0.119. The monoisotopic (exact) mass is 400 g/mol. The lowest BCUT2D eigenvalue weighted by Crippen LogP contribution is -2.45. The summed E-state index contributed by atoms with van der Waals surface area (Å²) < 4.78 is 7.51. The van der Waals surface area contributed by atoms with E-state index in [0.717, 1.165) is 55.8 Å². The van der Waals surface area contributed by atoms with E-state index in [1.54, 1.807) is 12.7 Å². The van der Waals surface area contributed by atoms with Gasteiger partial charge in [0.05, 0.1) is 25.1 Å². The SMILES string of the molecule is O=C1CC(C2CCCCN2c2ncnc3c2ncn3CC(O)C2CCCO2)CN1. The van der Waals surface area contributed by atoms with Crippen LogP contribution in [-0.4, -0.2) is 68.5 Å². The zero-order valence-corrected chi connectivity index (χ0v) is 16.5. The minimum atomic E-state index is -0.577. The molecule has 0 saturated carbocycles. The van der Waals surface area contributed by atoms with Gasteiger partial charge < -0.3 is 24.6 Å². The van der Waals surface area contributed by atoms with Crippen molar-refractivity contribution in [2.75, 3.05) is 24.6 Å². The van der Waals surface area contributed by atoms with E-state index in [0.29, 0.717) is 25.5 Å². The lowest BCUT2D eigenvalue weighted by Gasteiger charge is -2.39. The Bertz CT molecular complexity index is 880. The Morgan fingerprint density at radius 2 is 2.17 bits per heavy atom. The van der Waals surface area contributed by atoms with Crippen LogP contribution in [0.5, 0.6) is 0 Å². The van der Waals surface area contributed by atoms with E-state index in [1.165, 1.54) is 6.42 Å². The molecule has 2 N–H and O–H groups in total. The number of anilines is 1. The van der Waals surface area contributed by atoms with E-state index in [4.69, 9.17) is 4.74 Å². The Labute approximate surface area is 169 Å². The maximum atomic E-state index is 11.8. The molecule has 3 aliphatic rings. The molecule has 5 heterocycles. The first-order valence-corrected chi connectivity index (χ1v) is 10.7. The average Bonchev–Trinajstić information content (AvgIpc) is 3.49. The summed E-state index contributed by atoms with van der Waals surface area (Å²) in [6.07, 6.45) is 8.42. The van der Waals surface area contributed by atoms with Crippen LogP contribution in [0.25, 0.3) is 11.2 Å². The summed E-state index contributed by atoms with van der Waals surface area (Å²) in [5.41, 5.74) is 1.49. The van der Waals surface area contributed by atoms with Gasteiger partial charge in [-0.05, 0) is 32.1 Å². The van der Waals surface area contributed by atoms with Crippen LogP contribution < -0.4 is 10.2 Å². The number of aliphatic hydroxyl groups excluding tert-OH is 1. The molecule has 5 rings (SSSR count). The van der Waals surface area contributed by atoms with E-state index in [1.807, 2.05) is 4.57 Å². The lowest BCUT2D eigenvalue weighted by atomic mass is 9.89. The molecule has 1 amide bonds. The highest BCUT2D eigenvalue weighted by Crippen LogP contribution is 2.33. The van der Waals surface area contributed by atoms with Gasteiger partial charge in [0.15, 0.2) is 17.0 Å². The summed E-state index contributed by atoms with van der Waals surface area (Å²) in [5.74, 6) is 1.28. The van der Waals surface area contributed by atoms with Gasteiger partial charge in [-0.15, -0.1) is 0 Å². The number of carbonyl (C=O) groups excluding carboxylic acids is 1. The number of imidazole rings is 1. The number of piperidine rings is 1. The van der Waals surface area contributed by atoms with Crippen LogP contribution in [0, 0.1) is 5.92 Å². The molecule has 3 fully saturated rings. The maximum Gasteiger partial charge on any atom is 0.220 e. The number of fused-ring (bicyclic) bond motifs is 1. The third kappa shape index (κ3) is 3.57. The van der Waals surface area contributed by atoms with Crippen molar-refractivity contribution in [3.63, 3.8) is 0 Å². The Hall–Kier alpha value is -2.26. The van der Waals surface area contributed by atoms with E-state index >= 15 is 0 Å². The number of carbonyl (C=O) groups is 1. The Balaban J connectivity index is 1.42. The number of nitrogens with one attached hydrogen (secondary N) is 1. The second-order valence-corrected chi connectivity index (χ2v) is 8.41. The zero-order valence-electron chi connectivity index (χ0n) is 16.5. The van der Waals surface area contributed by atoms with Gasteiger partial charge >= 0.3 is 0 Å². The van der Waals surface area contributed by atoms with Crippen LogP contribution >= 0.6 is 0 Å². The number of rotatable bonds is 5. The van der Waals surface area contributed by atoms with E-state index < -0.39 is 6.10 Å². The topological polar surface area (TPSA) is 105 Å². The zero-order chi connectivity index (χ0) is 19.8. The predicted molar refractivity (Wildman–Crippen MR) is 106 cm³/mol. The third-order valence-electron chi connectivity index (χ3n) is 6.53. The Morgan fingerprint density at radius 1 is 1.24 bits per heavy atom. The standard InChI is InChI=1S/C20H28N6O3/c27-15(16-5-3-7-29-16)10-25-12-24-18-19(25)22-11-23-20(18)26-6-2-1-4-14(26)13-8-17(28)21-9-13/h11-16,27H,1-10H2,(H,21,28). The quantitative estimate of drug-likeness (QED) is 0.767. The van der Waals surface area contributed by atoms with Gasteiger partial charge in [0.1, 0.15) is 6.33 Å². The van der Waals surface area contributed by atoms with Crippen molar-refractivity contribution < 1.29 is 14.6 Å². The first-order chi connectivity index (χ1) is 14.2. The molecule has 9 heteroatoms. The first kappa shape index (κ1) is 18.7. The van der Waals surface area contributed by atoms with Gasteiger partial charge in [-0.25, -0.2) is 15.0 Å². The van der Waals surface area contributed by atoms with Crippen LogP contribution in [0.4, 0.5) is 5.82 Å². The summed E-state index contributed by atoms with van der Waals surface area (Å²) >= 11 is 0. The van der Waals surface area contributed by atoms with Gasteiger partial charge in [-0.2, -0.15) is 0 Å². The van der Waals surface area contributed by atoms with Crippen molar-refractivity contribution in [1.29, 1.82) is 0 Å². The Kier molecular flexibility index (Phi) is 5.09. The van der Waals surface area contributed by atoms with E-state index in [2.05, 4.69) is 25.2 Å². The van der Waals surface area contributed by atoms with Crippen molar-refractivity contribution in [2.45, 2.75) is 63.3 Å². The van der Waals surface area contributed by atoms with Crippen molar-refractivity contribution in [3.8, 4) is 0 Å². The number of amides is 1. The van der Waals surface area contributed by atoms with Crippen LogP contribution in [0.2, 0.25) is 0 Å². The molecular formula is C20H28N6O3. The van der Waals surface area contributed by atoms with E-state index in [-0.39, 0.29) is 18.1 Å². The number of hydrogen-bond donors (Lipinski definition) is 2. The highest BCUT2D eigenvalue weighted by molar-refractivity contribution is 5.84. The van der Waals surface area contributed by atoms with Crippen LogP contribution in [0.15, 0.2) is 12.7 Å². The molecule has 3 aliphatic heterocycles. The summed E-state index contributed by atoms with van der Waals surface area (Å²) in [5, 5.41) is 13.5. The van der Waals surface area contributed by atoms with Gasteiger partial charge in [0.25, 0.3) is 0 Å². The maximum absolute atomic E-state index is 11.8. The minimum Gasteiger partial charge on any atom is -0.389 e. The molecule has 0 radical (unpaired) electrons. The number of ether oxygens (including phenoxy) is 1. The van der Waals surface area contributed by atoms with Crippen molar-refractivity contribution in [2.24, 2.45) is 5.92 Å². The second kappa shape index (κ2) is 7.87. The molecule has 156 valence electrons. The molecule has 0 bridgehead atoms. The smallest absolute Gasteiger partial charge is 0.220 e. The molecular weight excluding hydrogens is 372 g/mol. The molecule has 2 aromatic rings. The predicted octanol–water partition coefficient (Wildman–Crippen LogP) is 0.861. The molecule has 2 aromatic heterocycles. The van der Waals surface area contributed by atoms with Gasteiger partial charge in [-0.3, -0.25) is 4.79 Å². The fourth-order valence-corrected chi connectivity index (χ4v) is 5.05. The molecule has 0 aliphatic carbocycles. The van der Waals surface area contributed by atoms with Crippen molar-refractivity contribution in [1.82, 2.24) is 24.8 Å². The summed E-state index contributed by atoms with van der Waals surface area (Å²) in [6, 6.07) is 0.281. The Morgan fingerprint density at radius 3 is 2.97 bits per heavy atom. The first-order valence-electron chi connectivity index (χ1n) is 10.7. The average molecular weight is 400 g/mol. The van der Waals surface area contributed by atoms with Crippen LogP contribution in [0.1, 0.15) is 38.5 Å². The molecule has 4 unspecified atom stereocenters. The number of nitrogens with zero attached hydrogens (tertiary/aromatic N) is 5. The number of hydrogen-bond acceptors (Lipinski definition) is 7. The number of aliphatic hydroxyl groups is 1. The summed E-state index contributed by atoms with van der Waals surface area (Å²) in [4.78, 5) is 27.7. The third-order valence-corrected chi connectivity index (χ3v) is 6.53. The van der Waals surface area contributed by atoms with Crippen LogP contribution in [-0.2, 0) is 16.1 Å². The fraction of sp³-hybridized carbons (Fsp3) is 0.700.